The van der Waals surface area contributed by atoms with E-state index in [2.05, 4.69) is 6.07 Å². The Balaban J connectivity index is 2.03. The molecule has 0 unspecified atom stereocenters. The molecule has 0 amide bonds. The molecule has 0 aliphatic rings. The van der Waals surface area contributed by atoms with Crippen LogP contribution in [0.25, 0.3) is 10.9 Å². The molecule has 0 spiro atoms. The summed E-state index contributed by atoms with van der Waals surface area (Å²) in [6.07, 6.45) is 1.93. The van der Waals surface area contributed by atoms with E-state index in [0.717, 1.165) is 16.7 Å². The lowest BCUT2D eigenvalue weighted by atomic mass is 10.1. The third kappa shape index (κ3) is 2.46. The summed E-state index contributed by atoms with van der Waals surface area (Å²) < 4.78 is 20.6. The summed E-state index contributed by atoms with van der Waals surface area (Å²) >= 11 is 0. The summed E-state index contributed by atoms with van der Waals surface area (Å²) in [6.45, 7) is 0.455. The average molecular weight is 280 g/mol. The maximum Gasteiger partial charge on any atom is 0.123 e. The predicted octanol–water partition coefficient (Wildman–Crippen LogP) is 3.71. The van der Waals surface area contributed by atoms with Crippen LogP contribution in [0.5, 0.6) is 5.75 Å². The van der Waals surface area contributed by atoms with E-state index < -0.39 is 0 Å². The third-order valence-electron chi connectivity index (χ3n) is 3.51. The highest BCUT2D eigenvalue weighted by molar-refractivity contribution is 5.81. The number of benzene rings is 2. The third-order valence-corrected chi connectivity index (χ3v) is 3.51. The molecular weight excluding hydrogens is 267 g/mol. The summed E-state index contributed by atoms with van der Waals surface area (Å²) in [5.41, 5.74) is 2.18. The maximum atomic E-state index is 13.4. The Morgan fingerprint density at radius 3 is 2.81 bits per heavy atom. The molecule has 2 aromatic carbocycles. The van der Waals surface area contributed by atoms with Crippen molar-refractivity contribution in [2.75, 3.05) is 7.11 Å². The van der Waals surface area contributed by atoms with E-state index in [0.29, 0.717) is 17.7 Å². The van der Waals surface area contributed by atoms with Crippen LogP contribution in [-0.2, 0) is 6.54 Å². The molecule has 104 valence electrons. The van der Waals surface area contributed by atoms with Crippen LogP contribution in [0.4, 0.5) is 4.39 Å². The lowest BCUT2D eigenvalue weighted by Gasteiger charge is -2.08. The monoisotopic (exact) mass is 280 g/mol. The van der Waals surface area contributed by atoms with Crippen molar-refractivity contribution in [3.63, 3.8) is 0 Å². The minimum Gasteiger partial charge on any atom is -0.497 e. The standard InChI is InChI=1S/C17H13FN2O/c1-21-16-4-5-17-12(9-16)6-7-20(17)11-14-8-15(18)3-2-13(14)10-19/h2-9H,11H2,1H3. The van der Waals surface area contributed by atoms with Gasteiger partial charge in [-0.25, -0.2) is 4.39 Å². The second kappa shape index (κ2) is 5.29. The van der Waals surface area contributed by atoms with E-state index in [9.17, 15) is 4.39 Å². The highest BCUT2D eigenvalue weighted by Crippen LogP contribution is 2.23. The van der Waals surface area contributed by atoms with Crippen molar-refractivity contribution >= 4 is 10.9 Å². The second-order valence-corrected chi connectivity index (χ2v) is 4.78. The smallest absolute Gasteiger partial charge is 0.123 e. The fraction of sp³-hybridized carbons (Fsp3) is 0.118. The lowest BCUT2D eigenvalue weighted by molar-refractivity contribution is 0.415. The molecule has 4 heteroatoms. The highest BCUT2D eigenvalue weighted by atomic mass is 19.1. The van der Waals surface area contributed by atoms with Gasteiger partial charge in [-0.2, -0.15) is 5.26 Å². The Morgan fingerprint density at radius 1 is 1.19 bits per heavy atom. The van der Waals surface area contributed by atoms with Crippen molar-refractivity contribution in [3.05, 3.63) is 65.6 Å². The average Bonchev–Trinajstić information content (AvgIpc) is 2.90. The number of nitriles is 1. The van der Waals surface area contributed by atoms with Crippen LogP contribution in [0.3, 0.4) is 0 Å². The minimum absolute atomic E-state index is 0.331. The van der Waals surface area contributed by atoms with Crippen molar-refractivity contribution in [2.45, 2.75) is 6.54 Å². The van der Waals surface area contributed by atoms with Gasteiger partial charge in [0.05, 0.1) is 18.7 Å². The van der Waals surface area contributed by atoms with Gasteiger partial charge in [-0.3, -0.25) is 0 Å². The lowest BCUT2D eigenvalue weighted by Crippen LogP contribution is -2.01. The van der Waals surface area contributed by atoms with E-state index in [1.807, 2.05) is 35.0 Å². The molecule has 1 heterocycles. The van der Waals surface area contributed by atoms with Crippen molar-refractivity contribution in [1.82, 2.24) is 4.57 Å². The molecule has 0 saturated heterocycles. The number of nitrogens with zero attached hydrogens (tertiary/aromatic N) is 2. The number of hydrogen-bond donors (Lipinski definition) is 0. The van der Waals surface area contributed by atoms with Gasteiger partial charge in [0.2, 0.25) is 0 Å². The Hall–Kier alpha value is -2.80. The van der Waals surface area contributed by atoms with Crippen LogP contribution in [0.1, 0.15) is 11.1 Å². The Labute approximate surface area is 121 Å². The van der Waals surface area contributed by atoms with Crippen molar-refractivity contribution in [1.29, 1.82) is 5.26 Å². The first-order valence-corrected chi connectivity index (χ1v) is 6.52. The number of hydrogen-bond acceptors (Lipinski definition) is 2. The van der Waals surface area contributed by atoms with Crippen molar-refractivity contribution in [3.8, 4) is 11.8 Å². The fourth-order valence-corrected chi connectivity index (χ4v) is 2.43. The summed E-state index contributed by atoms with van der Waals surface area (Å²) in [6, 6.07) is 14.1. The van der Waals surface area contributed by atoms with Crippen molar-refractivity contribution in [2.24, 2.45) is 0 Å². The van der Waals surface area contributed by atoms with E-state index in [1.165, 1.54) is 18.2 Å². The van der Waals surface area contributed by atoms with Gasteiger partial charge in [0, 0.05) is 23.6 Å². The Morgan fingerprint density at radius 2 is 2.05 bits per heavy atom. The molecule has 3 nitrogen and oxygen atoms in total. The zero-order chi connectivity index (χ0) is 14.8. The number of methoxy groups -OCH3 is 1. The molecule has 0 bridgehead atoms. The molecule has 0 saturated carbocycles. The summed E-state index contributed by atoms with van der Waals surface area (Å²) in [7, 11) is 1.63. The van der Waals surface area contributed by atoms with Crippen LogP contribution in [-0.4, -0.2) is 11.7 Å². The van der Waals surface area contributed by atoms with E-state index in [4.69, 9.17) is 10.00 Å². The molecule has 21 heavy (non-hydrogen) atoms. The first-order valence-electron chi connectivity index (χ1n) is 6.52. The minimum atomic E-state index is -0.331. The molecule has 0 radical (unpaired) electrons. The van der Waals surface area contributed by atoms with Crippen LogP contribution < -0.4 is 4.74 Å². The maximum absolute atomic E-state index is 13.4. The van der Waals surface area contributed by atoms with Gasteiger partial charge in [0.25, 0.3) is 0 Å². The second-order valence-electron chi connectivity index (χ2n) is 4.78. The van der Waals surface area contributed by atoms with Crippen LogP contribution in [0, 0.1) is 17.1 Å². The predicted molar refractivity (Wildman–Crippen MR) is 78.7 cm³/mol. The number of aromatic nitrogens is 1. The largest absolute Gasteiger partial charge is 0.497 e. The Kier molecular flexibility index (Phi) is 3.33. The van der Waals surface area contributed by atoms with Gasteiger partial charge >= 0.3 is 0 Å². The van der Waals surface area contributed by atoms with Crippen LogP contribution in [0.2, 0.25) is 0 Å². The molecule has 1 aromatic heterocycles. The fourth-order valence-electron chi connectivity index (χ4n) is 2.43. The zero-order valence-electron chi connectivity index (χ0n) is 11.5. The molecule has 0 fully saturated rings. The van der Waals surface area contributed by atoms with Gasteiger partial charge in [0.15, 0.2) is 0 Å². The number of rotatable bonds is 3. The molecule has 0 atom stereocenters. The zero-order valence-corrected chi connectivity index (χ0v) is 11.5. The number of halogens is 1. The quantitative estimate of drug-likeness (QED) is 0.733. The topological polar surface area (TPSA) is 38.0 Å². The van der Waals surface area contributed by atoms with Crippen LogP contribution >= 0.6 is 0 Å². The molecule has 3 aromatic rings. The number of ether oxygens (including phenoxy) is 1. The first kappa shape index (κ1) is 13.2. The molecule has 0 N–H and O–H groups in total. The van der Waals surface area contributed by atoms with Crippen LogP contribution in [0.15, 0.2) is 48.7 Å². The molecule has 0 aliphatic carbocycles. The van der Waals surface area contributed by atoms with Crippen molar-refractivity contribution < 1.29 is 9.13 Å². The SMILES string of the molecule is COc1ccc2c(ccn2Cc2cc(F)ccc2C#N)c1. The summed E-state index contributed by atoms with van der Waals surface area (Å²) in [4.78, 5) is 0. The van der Waals surface area contributed by atoms with Gasteiger partial charge in [0.1, 0.15) is 11.6 Å². The van der Waals surface area contributed by atoms with E-state index in [-0.39, 0.29) is 5.82 Å². The summed E-state index contributed by atoms with van der Waals surface area (Å²) in [5.74, 6) is 0.464. The Bertz CT molecular complexity index is 846. The normalized spacial score (nSPS) is 10.5. The van der Waals surface area contributed by atoms with E-state index in [1.54, 1.807) is 7.11 Å². The van der Waals surface area contributed by atoms with Gasteiger partial charge in [-0.15, -0.1) is 0 Å². The highest BCUT2D eigenvalue weighted by Gasteiger charge is 2.07. The van der Waals surface area contributed by atoms with Gasteiger partial charge in [-0.1, -0.05) is 0 Å². The molecule has 0 aliphatic heterocycles. The van der Waals surface area contributed by atoms with E-state index >= 15 is 0 Å². The van der Waals surface area contributed by atoms with Gasteiger partial charge < -0.3 is 9.30 Å². The molecular formula is C17H13FN2O. The van der Waals surface area contributed by atoms with Gasteiger partial charge in [-0.05, 0) is 48.0 Å². The molecule has 3 rings (SSSR count). The first-order chi connectivity index (χ1) is 10.2. The summed E-state index contributed by atoms with van der Waals surface area (Å²) in [5, 5.41) is 10.2. The number of fused-ring (bicyclic) bond motifs is 1.